The Morgan fingerprint density at radius 1 is 1.23 bits per heavy atom. The molecule has 22 heavy (non-hydrogen) atoms. The summed E-state index contributed by atoms with van der Waals surface area (Å²) in [4.78, 5) is 1.60. The topological polar surface area (TPSA) is 23.5 Å². The molecule has 0 saturated heterocycles. The van der Waals surface area contributed by atoms with Gasteiger partial charge in [-0.2, -0.15) is 13.2 Å². The van der Waals surface area contributed by atoms with Gasteiger partial charge in [-0.3, -0.25) is 4.90 Å². The molecule has 0 saturated carbocycles. The number of allylic oxidation sites excluding steroid dienone is 2. The highest BCUT2D eigenvalue weighted by Gasteiger charge is 2.39. The van der Waals surface area contributed by atoms with Crippen LogP contribution in [0.4, 0.5) is 13.2 Å². The number of hydrogen-bond acceptors (Lipinski definition) is 2. The maximum atomic E-state index is 12.6. The predicted octanol–water partition coefficient (Wildman–Crippen LogP) is 3.93. The average molecular weight is 313 g/mol. The summed E-state index contributed by atoms with van der Waals surface area (Å²) < 4.78 is 37.8. The van der Waals surface area contributed by atoms with Crippen molar-refractivity contribution in [2.75, 3.05) is 13.1 Å². The van der Waals surface area contributed by atoms with E-state index in [9.17, 15) is 18.3 Å². The molecule has 0 aliphatic rings. The van der Waals surface area contributed by atoms with Gasteiger partial charge in [0.1, 0.15) is 0 Å². The minimum atomic E-state index is -4.61. The van der Waals surface area contributed by atoms with E-state index in [1.807, 2.05) is 62.4 Å². The van der Waals surface area contributed by atoms with Crippen molar-refractivity contribution in [2.24, 2.45) is 0 Å². The van der Waals surface area contributed by atoms with E-state index < -0.39 is 18.8 Å². The maximum absolute atomic E-state index is 12.6. The molecule has 0 radical (unpaired) electrons. The number of rotatable bonds is 7. The highest BCUT2D eigenvalue weighted by molar-refractivity contribution is 5.20. The third kappa shape index (κ3) is 6.45. The number of hydrogen-bond donors (Lipinski definition) is 1. The minimum Gasteiger partial charge on any atom is -0.382 e. The van der Waals surface area contributed by atoms with Crippen molar-refractivity contribution in [3.63, 3.8) is 0 Å². The van der Waals surface area contributed by atoms with Crippen molar-refractivity contribution in [1.82, 2.24) is 4.90 Å². The summed E-state index contributed by atoms with van der Waals surface area (Å²) in [6, 6.07) is 9.26. The van der Waals surface area contributed by atoms with Crippen molar-refractivity contribution in [3.8, 4) is 0 Å². The van der Waals surface area contributed by atoms with Gasteiger partial charge in [-0.1, -0.05) is 48.6 Å². The summed E-state index contributed by atoms with van der Waals surface area (Å²) in [5, 5.41) is 9.35. The van der Waals surface area contributed by atoms with Gasteiger partial charge >= 0.3 is 6.18 Å². The van der Waals surface area contributed by atoms with Gasteiger partial charge < -0.3 is 5.11 Å². The van der Waals surface area contributed by atoms with Crippen LogP contribution in [0.3, 0.4) is 0 Å². The molecule has 1 aromatic rings. The molecule has 1 rings (SSSR count). The summed E-state index contributed by atoms with van der Waals surface area (Å²) in [5.41, 5.74) is 1.82. The van der Waals surface area contributed by atoms with E-state index in [-0.39, 0.29) is 0 Å². The van der Waals surface area contributed by atoms with Crippen LogP contribution >= 0.6 is 0 Å². The summed E-state index contributed by atoms with van der Waals surface area (Å²) in [6.07, 6.45) is -1.39. The molecule has 0 amide bonds. The van der Waals surface area contributed by atoms with Gasteiger partial charge in [0, 0.05) is 19.6 Å². The number of nitrogens with zero attached hydrogens (tertiary/aromatic N) is 1. The first-order valence-electron chi connectivity index (χ1n) is 7.15. The molecule has 122 valence electrons. The highest BCUT2D eigenvalue weighted by atomic mass is 19.4. The van der Waals surface area contributed by atoms with Gasteiger partial charge in [0.2, 0.25) is 0 Å². The van der Waals surface area contributed by atoms with Crippen LogP contribution in [0, 0.1) is 0 Å². The van der Waals surface area contributed by atoms with E-state index in [0.29, 0.717) is 13.1 Å². The monoisotopic (exact) mass is 313 g/mol. The van der Waals surface area contributed by atoms with Crippen molar-refractivity contribution in [2.45, 2.75) is 32.7 Å². The van der Waals surface area contributed by atoms with E-state index in [0.717, 1.165) is 11.1 Å². The fourth-order valence-corrected chi connectivity index (χ4v) is 2.09. The van der Waals surface area contributed by atoms with Crippen LogP contribution in [0.1, 0.15) is 19.4 Å². The molecule has 1 aromatic carbocycles. The SMILES string of the molecule is C/C=C\C(=C/C)CN(Cc1ccccc1)CC(O)C(F)(F)F. The van der Waals surface area contributed by atoms with Crippen molar-refractivity contribution in [3.05, 3.63) is 59.7 Å². The fraction of sp³-hybridized carbons (Fsp3) is 0.412. The Balaban J connectivity index is 2.85. The maximum Gasteiger partial charge on any atom is 0.415 e. The molecule has 0 fully saturated rings. The number of aliphatic hydroxyl groups is 1. The van der Waals surface area contributed by atoms with Crippen molar-refractivity contribution < 1.29 is 18.3 Å². The van der Waals surface area contributed by atoms with Crippen LogP contribution in [0.25, 0.3) is 0 Å². The molecule has 0 spiro atoms. The summed E-state index contributed by atoms with van der Waals surface area (Å²) >= 11 is 0. The predicted molar refractivity (Wildman–Crippen MR) is 82.4 cm³/mol. The number of alkyl halides is 3. The van der Waals surface area contributed by atoms with Crippen LogP contribution in [0.15, 0.2) is 54.1 Å². The van der Waals surface area contributed by atoms with Crippen molar-refractivity contribution >= 4 is 0 Å². The smallest absolute Gasteiger partial charge is 0.382 e. The lowest BCUT2D eigenvalue weighted by molar-refractivity contribution is -0.208. The largest absolute Gasteiger partial charge is 0.415 e. The number of aliphatic hydroxyl groups excluding tert-OH is 1. The molecular formula is C17H22F3NO. The Morgan fingerprint density at radius 3 is 2.36 bits per heavy atom. The first kappa shape index (κ1) is 18.5. The number of halogens is 3. The second-order valence-corrected chi connectivity index (χ2v) is 5.08. The molecule has 0 heterocycles. The second-order valence-electron chi connectivity index (χ2n) is 5.08. The first-order chi connectivity index (χ1) is 10.4. The summed E-state index contributed by atoms with van der Waals surface area (Å²) in [5.74, 6) is 0. The summed E-state index contributed by atoms with van der Waals surface area (Å²) in [6.45, 7) is 3.95. The van der Waals surface area contributed by atoms with E-state index >= 15 is 0 Å². The molecule has 1 N–H and O–H groups in total. The Morgan fingerprint density at radius 2 is 1.86 bits per heavy atom. The minimum absolute atomic E-state index is 0.350. The molecule has 0 bridgehead atoms. The third-order valence-electron chi connectivity index (χ3n) is 3.22. The zero-order valence-corrected chi connectivity index (χ0v) is 12.8. The quantitative estimate of drug-likeness (QED) is 0.771. The zero-order valence-electron chi connectivity index (χ0n) is 12.8. The third-order valence-corrected chi connectivity index (χ3v) is 3.22. The lowest BCUT2D eigenvalue weighted by Gasteiger charge is -2.26. The molecular weight excluding hydrogens is 291 g/mol. The fourth-order valence-electron chi connectivity index (χ4n) is 2.09. The highest BCUT2D eigenvalue weighted by Crippen LogP contribution is 2.22. The first-order valence-corrected chi connectivity index (χ1v) is 7.15. The van der Waals surface area contributed by atoms with Gasteiger partial charge in [-0.05, 0) is 25.0 Å². The number of benzene rings is 1. The van der Waals surface area contributed by atoms with Crippen LogP contribution < -0.4 is 0 Å². The lowest BCUT2D eigenvalue weighted by atomic mass is 10.1. The Hall–Kier alpha value is -1.59. The second kappa shape index (κ2) is 8.76. The van der Waals surface area contributed by atoms with Crippen LogP contribution in [0.2, 0.25) is 0 Å². The lowest BCUT2D eigenvalue weighted by Crippen LogP contribution is -2.41. The standard InChI is InChI=1S/C17H22F3NO/c1-3-8-14(4-2)11-21(13-16(22)17(18,19)20)12-15-9-6-5-7-10-15/h3-10,16,22H,11-13H2,1-2H3/b8-3-,14-4+. The van der Waals surface area contributed by atoms with Gasteiger partial charge in [0.15, 0.2) is 6.10 Å². The molecule has 0 aliphatic carbocycles. The summed E-state index contributed by atoms with van der Waals surface area (Å²) in [7, 11) is 0. The Kier molecular flexibility index (Phi) is 7.35. The van der Waals surface area contributed by atoms with Gasteiger partial charge in [0.25, 0.3) is 0 Å². The van der Waals surface area contributed by atoms with Crippen LogP contribution in [-0.4, -0.2) is 35.4 Å². The molecule has 0 aliphatic heterocycles. The van der Waals surface area contributed by atoms with Crippen LogP contribution in [-0.2, 0) is 6.54 Å². The Bertz CT molecular complexity index is 494. The van der Waals surface area contributed by atoms with Gasteiger partial charge in [-0.25, -0.2) is 0 Å². The van der Waals surface area contributed by atoms with Crippen molar-refractivity contribution in [1.29, 1.82) is 0 Å². The van der Waals surface area contributed by atoms with E-state index in [4.69, 9.17) is 0 Å². The van der Waals surface area contributed by atoms with Crippen LogP contribution in [0.5, 0.6) is 0 Å². The Labute approximate surface area is 129 Å². The van der Waals surface area contributed by atoms with E-state index in [1.165, 1.54) is 0 Å². The van der Waals surface area contributed by atoms with Gasteiger partial charge in [0.05, 0.1) is 0 Å². The molecule has 0 aromatic heterocycles. The molecule has 1 atom stereocenters. The molecule has 2 nitrogen and oxygen atoms in total. The van der Waals surface area contributed by atoms with E-state index in [2.05, 4.69) is 0 Å². The van der Waals surface area contributed by atoms with Gasteiger partial charge in [-0.15, -0.1) is 0 Å². The van der Waals surface area contributed by atoms with E-state index in [1.54, 1.807) is 4.90 Å². The average Bonchev–Trinajstić information content (AvgIpc) is 2.46. The normalized spacial score (nSPS) is 14.8. The zero-order chi connectivity index (χ0) is 16.6. The molecule has 5 heteroatoms. The molecule has 1 unspecified atom stereocenters.